The molecular formula is C13H19ClN2O2S. The molecule has 0 unspecified atom stereocenters. The molecule has 1 fully saturated rings. The molecule has 106 valence electrons. The molecule has 0 atom stereocenters. The molecule has 1 heterocycles. The number of nitrogens with zero attached hydrogens (tertiary/aromatic N) is 1. The zero-order valence-corrected chi connectivity index (χ0v) is 12.4. The third-order valence-corrected chi connectivity index (χ3v) is 5.69. The molecule has 0 bridgehead atoms. The van der Waals surface area contributed by atoms with Crippen LogP contribution in [0.3, 0.4) is 0 Å². The van der Waals surface area contributed by atoms with Crippen LogP contribution in [0.5, 0.6) is 0 Å². The van der Waals surface area contributed by atoms with E-state index in [1.807, 2.05) is 0 Å². The Morgan fingerprint density at radius 3 is 2.32 bits per heavy atom. The van der Waals surface area contributed by atoms with Gasteiger partial charge in [-0.2, -0.15) is 4.31 Å². The van der Waals surface area contributed by atoms with Crippen molar-refractivity contribution in [1.29, 1.82) is 0 Å². The molecule has 2 rings (SSSR count). The first-order chi connectivity index (χ1) is 9.05. The van der Waals surface area contributed by atoms with Crippen molar-refractivity contribution in [1.82, 2.24) is 4.31 Å². The molecular weight excluding hydrogens is 284 g/mol. The molecule has 0 spiro atoms. The average Bonchev–Trinajstić information content (AvgIpc) is 2.67. The van der Waals surface area contributed by atoms with Crippen LogP contribution >= 0.6 is 11.6 Å². The number of sulfonamides is 1. The highest BCUT2D eigenvalue weighted by molar-refractivity contribution is 7.89. The van der Waals surface area contributed by atoms with Gasteiger partial charge >= 0.3 is 0 Å². The van der Waals surface area contributed by atoms with Gasteiger partial charge in [-0.05, 0) is 30.5 Å². The molecule has 4 nitrogen and oxygen atoms in total. The molecule has 0 aliphatic carbocycles. The molecule has 1 aliphatic rings. The average molecular weight is 303 g/mol. The van der Waals surface area contributed by atoms with Crippen LogP contribution in [0, 0.1) is 0 Å². The lowest BCUT2D eigenvalue weighted by molar-refractivity contribution is 0.423. The lowest BCUT2D eigenvalue weighted by atomic mass is 10.2. The van der Waals surface area contributed by atoms with Crippen molar-refractivity contribution in [2.45, 2.75) is 37.1 Å². The van der Waals surface area contributed by atoms with E-state index in [1.54, 1.807) is 16.4 Å². The molecule has 19 heavy (non-hydrogen) atoms. The predicted octanol–water partition coefficient (Wildman–Crippen LogP) is 2.36. The largest absolute Gasteiger partial charge is 0.326 e. The molecule has 0 saturated carbocycles. The van der Waals surface area contributed by atoms with Crippen LogP contribution in [0.1, 0.15) is 31.2 Å². The van der Waals surface area contributed by atoms with Crippen LogP contribution in [0.15, 0.2) is 23.1 Å². The first-order valence-electron chi connectivity index (χ1n) is 6.54. The maximum Gasteiger partial charge on any atom is 0.243 e. The standard InChI is InChI=1S/C13H19ClN2O2S/c14-13-9-12(6-5-11(13)10-15)19(17,18)16-7-3-1-2-4-8-16/h5-6,9H,1-4,7-8,10,15H2. The second kappa shape index (κ2) is 6.22. The van der Waals surface area contributed by atoms with E-state index in [9.17, 15) is 8.42 Å². The van der Waals surface area contributed by atoms with E-state index >= 15 is 0 Å². The van der Waals surface area contributed by atoms with Crippen LogP contribution < -0.4 is 5.73 Å². The Hall–Kier alpha value is -0.620. The van der Waals surface area contributed by atoms with Crippen LogP contribution in [0.25, 0.3) is 0 Å². The molecule has 1 saturated heterocycles. The van der Waals surface area contributed by atoms with Crippen LogP contribution in [-0.2, 0) is 16.6 Å². The first-order valence-corrected chi connectivity index (χ1v) is 8.36. The number of hydrogen-bond acceptors (Lipinski definition) is 3. The van der Waals surface area contributed by atoms with Crippen molar-refractivity contribution >= 4 is 21.6 Å². The van der Waals surface area contributed by atoms with Gasteiger partial charge in [0, 0.05) is 24.7 Å². The molecule has 0 aromatic heterocycles. The molecule has 2 N–H and O–H groups in total. The van der Waals surface area contributed by atoms with Gasteiger partial charge in [-0.3, -0.25) is 0 Å². The van der Waals surface area contributed by atoms with Crippen LogP contribution in [-0.4, -0.2) is 25.8 Å². The van der Waals surface area contributed by atoms with E-state index in [1.165, 1.54) is 6.07 Å². The Bertz CT molecular complexity index is 538. The van der Waals surface area contributed by atoms with Gasteiger partial charge < -0.3 is 5.73 Å². The maximum absolute atomic E-state index is 12.5. The fourth-order valence-corrected chi connectivity index (χ4v) is 4.15. The summed E-state index contributed by atoms with van der Waals surface area (Å²) in [6.45, 7) is 1.50. The van der Waals surface area contributed by atoms with Gasteiger partial charge in [-0.1, -0.05) is 30.5 Å². The minimum Gasteiger partial charge on any atom is -0.326 e. The lowest BCUT2D eigenvalue weighted by Crippen LogP contribution is -2.31. The van der Waals surface area contributed by atoms with Gasteiger partial charge in [0.1, 0.15) is 0 Å². The summed E-state index contributed by atoms with van der Waals surface area (Å²) in [6, 6.07) is 4.78. The molecule has 0 amide bonds. The highest BCUT2D eigenvalue weighted by atomic mass is 35.5. The molecule has 1 aromatic rings. The molecule has 0 radical (unpaired) electrons. The molecule has 6 heteroatoms. The summed E-state index contributed by atoms with van der Waals surface area (Å²) in [5.41, 5.74) is 6.29. The Balaban J connectivity index is 2.30. The van der Waals surface area contributed by atoms with Crippen molar-refractivity contribution in [3.8, 4) is 0 Å². The van der Waals surface area contributed by atoms with Crippen LogP contribution in [0.4, 0.5) is 0 Å². The van der Waals surface area contributed by atoms with Gasteiger partial charge in [0.05, 0.1) is 4.90 Å². The summed E-state index contributed by atoms with van der Waals surface area (Å²) in [5, 5.41) is 0.415. The maximum atomic E-state index is 12.5. The third-order valence-electron chi connectivity index (χ3n) is 3.45. The smallest absolute Gasteiger partial charge is 0.243 e. The van der Waals surface area contributed by atoms with Crippen molar-refractivity contribution in [3.05, 3.63) is 28.8 Å². The first kappa shape index (κ1) is 14.8. The van der Waals surface area contributed by atoms with Crippen molar-refractivity contribution < 1.29 is 8.42 Å². The number of benzene rings is 1. The van der Waals surface area contributed by atoms with Crippen molar-refractivity contribution in [2.24, 2.45) is 5.73 Å². The van der Waals surface area contributed by atoms with Gasteiger partial charge in [-0.15, -0.1) is 0 Å². The van der Waals surface area contributed by atoms with Gasteiger partial charge in [0.15, 0.2) is 0 Å². The normalized spacial score (nSPS) is 18.2. The summed E-state index contributed by atoms with van der Waals surface area (Å²) in [6.07, 6.45) is 4.04. The second-order valence-electron chi connectivity index (χ2n) is 4.78. The molecule has 1 aromatic carbocycles. The Labute approximate surface area is 119 Å². The highest BCUT2D eigenvalue weighted by Crippen LogP contribution is 2.24. The molecule has 1 aliphatic heterocycles. The van der Waals surface area contributed by atoms with Gasteiger partial charge in [-0.25, -0.2) is 8.42 Å². The van der Waals surface area contributed by atoms with E-state index in [-0.39, 0.29) is 4.90 Å². The number of halogens is 1. The number of nitrogens with two attached hydrogens (primary N) is 1. The van der Waals surface area contributed by atoms with E-state index in [4.69, 9.17) is 17.3 Å². The number of rotatable bonds is 3. The minimum absolute atomic E-state index is 0.261. The zero-order valence-electron chi connectivity index (χ0n) is 10.8. The minimum atomic E-state index is -3.42. The number of hydrogen-bond donors (Lipinski definition) is 1. The monoisotopic (exact) mass is 302 g/mol. The Kier molecular flexibility index (Phi) is 4.84. The van der Waals surface area contributed by atoms with Gasteiger partial charge in [0.25, 0.3) is 0 Å². The Morgan fingerprint density at radius 1 is 1.16 bits per heavy atom. The highest BCUT2D eigenvalue weighted by Gasteiger charge is 2.25. The van der Waals surface area contributed by atoms with E-state index in [0.717, 1.165) is 31.2 Å². The summed E-state index contributed by atoms with van der Waals surface area (Å²) in [5.74, 6) is 0. The van der Waals surface area contributed by atoms with Crippen molar-refractivity contribution in [2.75, 3.05) is 13.1 Å². The van der Waals surface area contributed by atoms with Gasteiger partial charge in [0.2, 0.25) is 10.0 Å². The van der Waals surface area contributed by atoms with E-state index in [0.29, 0.717) is 24.7 Å². The second-order valence-corrected chi connectivity index (χ2v) is 7.12. The lowest BCUT2D eigenvalue weighted by Gasteiger charge is -2.20. The summed E-state index contributed by atoms with van der Waals surface area (Å²) in [4.78, 5) is 0.261. The predicted molar refractivity (Wildman–Crippen MR) is 76.6 cm³/mol. The van der Waals surface area contributed by atoms with Crippen molar-refractivity contribution in [3.63, 3.8) is 0 Å². The fraction of sp³-hybridized carbons (Fsp3) is 0.538. The zero-order chi connectivity index (χ0) is 13.9. The Morgan fingerprint density at radius 2 is 1.79 bits per heavy atom. The summed E-state index contributed by atoms with van der Waals surface area (Å²) < 4.78 is 26.6. The third kappa shape index (κ3) is 3.28. The topological polar surface area (TPSA) is 63.4 Å². The summed E-state index contributed by atoms with van der Waals surface area (Å²) >= 11 is 6.04. The van der Waals surface area contributed by atoms with E-state index < -0.39 is 10.0 Å². The SMILES string of the molecule is NCc1ccc(S(=O)(=O)N2CCCCCC2)cc1Cl. The summed E-state index contributed by atoms with van der Waals surface area (Å²) in [7, 11) is -3.42. The van der Waals surface area contributed by atoms with E-state index in [2.05, 4.69) is 0 Å². The fourth-order valence-electron chi connectivity index (χ4n) is 2.29. The van der Waals surface area contributed by atoms with Crippen LogP contribution in [0.2, 0.25) is 5.02 Å². The quantitative estimate of drug-likeness (QED) is 0.932.